The minimum absolute atomic E-state index is 0.194. The Balaban J connectivity index is 1.01. The van der Waals surface area contributed by atoms with Gasteiger partial charge in [-0.2, -0.15) is 0 Å². The normalized spacial score (nSPS) is 25.9. The molecule has 0 saturated heterocycles. The van der Waals surface area contributed by atoms with Crippen molar-refractivity contribution in [2.75, 3.05) is 10.6 Å². The summed E-state index contributed by atoms with van der Waals surface area (Å²) in [5.41, 5.74) is 4.93. The van der Waals surface area contributed by atoms with E-state index in [0.29, 0.717) is 10.8 Å². The molecule has 2 aromatic carbocycles. The number of hydrogen-bond acceptors (Lipinski definition) is 2. The van der Waals surface area contributed by atoms with Crippen LogP contribution in [-0.4, -0.2) is 11.8 Å². The van der Waals surface area contributed by atoms with Gasteiger partial charge in [-0.3, -0.25) is 9.59 Å². The van der Waals surface area contributed by atoms with Gasteiger partial charge in [0.25, 0.3) is 0 Å². The van der Waals surface area contributed by atoms with Crippen molar-refractivity contribution in [1.82, 2.24) is 0 Å². The third kappa shape index (κ3) is 3.46. The van der Waals surface area contributed by atoms with Crippen molar-refractivity contribution < 1.29 is 9.59 Å². The third-order valence-electron chi connectivity index (χ3n) is 8.56. The van der Waals surface area contributed by atoms with Crippen LogP contribution in [0.2, 0.25) is 0 Å². The maximum absolute atomic E-state index is 12.4. The van der Waals surface area contributed by atoms with E-state index in [-0.39, 0.29) is 23.7 Å². The van der Waals surface area contributed by atoms with Gasteiger partial charge in [0, 0.05) is 23.2 Å². The molecular weight excluding hydrogens is 384 g/mol. The summed E-state index contributed by atoms with van der Waals surface area (Å²) in [5.74, 6) is 0.859. The molecule has 2 N–H and O–H groups in total. The van der Waals surface area contributed by atoms with Crippen molar-refractivity contribution in [3.05, 3.63) is 59.7 Å². The molecule has 0 radical (unpaired) electrons. The van der Waals surface area contributed by atoms with E-state index in [0.717, 1.165) is 30.6 Å². The summed E-state index contributed by atoms with van der Waals surface area (Å²) < 4.78 is 0. The molecule has 4 aliphatic carbocycles. The Kier molecular flexibility index (Phi) is 4.28. The summed E-state index contributed by atoms with van der Waals surface area (Å²) in [5, 5.41) is 6.19. The first-order valence-corrected chi connectivity index (χ1v) is 11.9. The minimum atomic E-state index is 0.194. The Hall–Kier alpha value is -2.62. The van der Waals surface area contributed by atoms with Gasteiger partial charge in [0.1, 0.15) is 0 Å². The lowest BCUT2D eigenvalue weighted by Gasteiger charge is -2.26. The van der Waals surface area contributed by atoms with Crippen molar-refractivity contribution in [1.29, 1.82) is 0 Å². The predicted molar refractivity (Wildman–Crippen MR) is 122 cm³/mol. The maximum Gasteiger partial charge on any atom is 0.228 e. The van der Waals surface area contributed by atoms with Crippen LogP contribution in [0.1, 0.15) is 62.5 Å². The summed E-state index contributed by atoms with van der Waals surface area (Å²) in [4.78, 5) is 24.9. The summed E-state index contributed by atoms with van der Waals surface area (Å²) in [6.45, 7) is 0. The van der Waals surface area contributed by atoms with Crippen molar-refractivity contribution in [2.45, 2.75) is 57.8 Å². The predicted octanol–water partition coefficient (Wildman–Crippen LogP) is 5.53. The zero-order valence-electron chi connectivity index (χ0n) is 18.0. The van der Waals surface area contributed by atoms with Gasteiger partial charge >= 0.3 is 0 Å². The first kappa shape index (κ1) is 19.1. The molecule has 4 fully saturated rings. The van der Waals surface area contributed by atoms with Crippen LogP contribution in [0.15, 0.2) is 48.5 Å². The van der Waals surface area contributed by atoms with E-state index in [1.165, 1.54) is 49.7 Å². The Morgan fingerprint density at radius 2 is 1.06 bits per heavy atom. The van der Waals surface area contributed by atoms with Gasteiger partial charge in [0.2, 0.25) is 11.8 Å². The highest BCUT2D eigenvalue weighted by molar-refractivity contribution is 5.95. The van der Waals surface area contributed by atoms with Crippen LogP contribution in [0.25, 0.3) is 0 Å². The Morgan fingerprint density at radius 3 is 1.35 bits per heavy atom. The first-order valence-electron chi connectivity index (χ1n) is 11.9. The summed E-state index contributed by atoms with van der Waals surface area (Å²) in [7, 11) is 0. The molecule has 0 aromatic heterocycles. The lowest BCUT2D eigenvalue weighted by atomic mass is 9.79. The van der Waals surface area contributed by atoms with E-state index >= 15 is 0 Å². The molecule has 6 rings (SSSR count). The topological polar surface area (TPSA) is 58.2 Å². The number of carbonyl (C=O) groups is 2. The highest BCUT2D eigenvalue weighted by Crippen LogP contribution is 2.66. The van der Waals surface area contributed by atoms with Crippen LogP contribution in [0.4, 0.5) is 11.4 Å². The molecular formula is C27H30N2O2. The second-order valence-electron chi connectivity index (χ2n) is 10.5. The second kappa shape index (κ2) is 6.94. The molecule has 2 unspecified atom stereocenters. The fourth-order valence-electron chi connectivity index (χ4n) is 5.91. The van der Waals surface area contributed by atoms with Crippen molar-refractivity contribution in [3.63, 3.8) is 0 Å². The zero-order chi connectivity index (χ0) is 21.1. The highest BCUT2D eigenvalue weighted by atomic mass is 16.2. The Bertz CT molecular complexity index is 933. The van der Waals surface area contributed by atoms with Crippen molar-refractivity contribution in [2.24, 2.45) is 22.7 Å². The van der Waals surface area contributed by atoms with Gasteiger partial charge in [0.05, 0.1) is 0 Å². The average molecular weight is 415 g/mol. The minimum Gasteiger partial charge on any atom is -0.326 e. The van der Waals surface area contributed by atoms with E-state index in [1.807, 2.05) is 24.3 Å². The van der Waals surface area contributed by atoms with Crippen LogP contribution in [0.5, 0.6) is 0 Å². The molecule has 4 heteroatoms. The van der Waals surface area contributed by atoms with Gasteiger partial charge in [-0.05, 0) is 91.2 Å². The monoisotopic (exact) mass is 414 g/mol. The van der Waals surface area contributed by atoms with Crippen LogP contribution >= 0.6 is 0 Å². The molecule has 0 aliphatic heterocycles. The van der Waals surface area contributed by atoms with Crippen molar-refractivity contribution >= 4 is 23.2 Å². The van der Waals surface area contributed by atoms with Crippen LogP contribution < -0.4 is 10.6 Å². The largest absolute Gasteiger partial charge is 0.326 e. The molecule has 0 bridgehead atoms. The molecule has 2 spiro atoms. The smallest absolute Gasteiger partial charge is 0.228 e. The van der Waals surface area contributed by atoms with Gasteiger partial charge < -0.3 is 10.6 Å². The first-order chi connectivity index (χ1) is 15.1. The van der Waals surface area contributed by atoms with E-state index in [1.54, 1.807) is 0 Å². The number of benzene rings is 2. The van der Waals surface area contributed by atoms with E-state index in [2.05, 4.69) is 34.9 Å². The number of hydrogen-bond donors (Lipinski definition) is 2. The van der Waals surface area contributed by atoms with Gasteiger partial charge in [-0.15, -0.1) is 0 Å². The standard InChI is InChI=1S/C27H30N2O2/c30-24(22-16-26(22)11-1-12-26)28-20-7-3-18(4-8-20)15-19-5-9-21(10-6-19)29-25(31)23-17-27(23)13-2-14-27/h3-10,22-23H,1-2,11-17H2,(H,28,30)(H,29,31). The number of nitrogens with one attached hydrogen (secondary N) is 2. The summed E-state index contributed by atoms with van der Waals surface area (Å²) >= 11 is 0. The van der Waals surface area contributed by atoms with Gasteiger partial charge in [-0.25, -0.2) is 0 Å². The molecule has 4 saturated carbocycles. The molecule has 2 aromatic rings. The molecule has 2 amide bonds. The Morgan fingerprint density at radius 1 is 0.677 bits per heavy atom. The van der Waals surface area contributed by atoms with Crippen LogP contribution in [0.3, 0.4) is 0 Å². The molecule has 4 aliphatic rings. The quantitative estimate of drug-likeness (QED) is 0.652. The number of carbonyl (C=O) groups excluding carboxylic acids is 2. The van der Waals surface area contributed by atoms with Crippen molar-refractivity contribution in [3.8, 4) is 0 Å². The third-order valence-corrected chi connectivity index (χ3v) is 8.56. The van der Waals surface area contributed by atoms with E-state index in [4.69, 9.17) is 0 Å². The maximum atomic E-state index is 12.4. The van der Waals surface area contributed by atoms with Crippen LogP contribution in [0, 0.1) is 22.7 Å². The molecule has 160 valence electrons. The molecule has 0 heterocycles. The summed E-state index contributed by atoms with van der Waals surface area (Å²) in [6.07, 6.45) is 10.5. The molecule has 2 atom stereocenters. The number of amides is 2. The lowest BCUT2D eigenvalue weighted by molar-refractivity contribution is -0.119. The molecule has 4 nitrogen and oxygen atoms in total. The fraction of sp³-hybridized carbons (Fsp3) is 0.481. The van der Waals surface area contributed by atoms with Gasteiger partial charge in [-0.1, -0.05) is 37.1 Å². The highest BCUT2D eigenvalue weighted by Gasteiger charge is 2.61. The number of anilines is 2. The van der Waals surface area contributed by atoms with Crippen LogP contribution in [-0.2, 0) is 16.0 Å². The SMILES string of the molecule is O=C(Nc1ccc(Cc2ccc(NC(=O)C3CC34CCC4)cc2)cc1)C1CC12CCC2. The van der Waals surface area contributed by atoms with E-state index in [9.17, 15) is 9.59 Å². The average Bonchev–Trinajstić information content (AvgIpc) is 3.61. The second-order valence-corrected chi connectivity index (χ2v) is 10.5. The Labute approximate surface area is 183 Å². The van der Waals surface area contributed by atoms with Gasteiger partial charge in [0.15, 0.2) is 0 Å². The van der Waals surface area contributed by atoms with E-state index < -0.39 is 0 Å². The number of rotatable bonds is 6. The zero-order valence-corrected chi connectivity index (χ0v) is 18.0. The summed E-state index contributed by atoms with van der Waals surface area (Å²) in [6, 6.07) is 16.4. The lowest BCUT2D eigenvalue weighted by Crippen LogP contribution is -2.23. The fourth-order valence-corrected chi connectivity index (χ4v) is 5.91. The molecule has 31 heavy (non-hydrogen) atoms.